The van der Waals surface area contributed by atoms with Crippen LogP contribution in [-0.4, -0.2) is 59.9 Å². The molecule has 0 bridgehead atoms. The molecule has 2 aliphatic rings. The minimum absolute atomic E-state index is 0.00938. The van der Waals surface area contributed by atoms with Crippen LogP contribution < -0.4 is 5.32 Å². The Bertz CT molecular complexity index is 406. The maximum atomic E-state index is 13.1. The molecule has 2 atom stereocenters. The van der Waals surface area contributed by atoms with E-state index in [1.54, 1.807) is 0 Å². The van der Waals surface area contributed by atoms with Crippen LogP contribution in [0, 0.1) is 5.92 Å². The second-order valence-electron chi connectivity index (χ2n) is 6.68. The minimum atomic E-state index is -0.698. The second-order valence-corrected chi connectivity index (χ2v) is 6.68. The van der Waals surface area contributed by atoms with Crippen molar-refractivity contribution in [2.45, 2.75) is 58.0 Å². The van der Waals surface area contributed by atoms with Gasteiger partial charge in [-0.25, -0.2) is 0 Å². The molecule has 21 heavy (non-hydrogen) atoms. The maximum Gasteiger partial charge on any atom is 0.248 e. The third-order valence-corrected chi connectivity index (χ3v) is 5.30. The van der Waals surface area contributed by atoms with Crippen LogP contribution in [0.2, 0.25) is 0 Å². The van der Waals surface area contributed by atoms with E-state index in [0.717, 1.165) is 19.5 Å². The molecule has 5 heteroatoms. The monoisotopic (exact) mass is 295 g/mol. The molecule has 2 heterocycles. The molecule has 0 radical (unpaired) electrons. The fourth-order valence-electron chi connectivity index (χ4n) is 3.83. The van der Waals surface area contributed by atoms with Gasteiger partial charge in [-0.3, -0.25) is 9.59 Å². The topological polar surface area (TPSA) is 52.7 Å². The molecule has 1 N–H and O–H groups in total. The van der Waals surface area contributed by atoms with Gasteiger partial charge in [-0.15, -0.1) is 0 Å². The number of likely N-dealkylation sites (tertiary alicyclic amines) is 1. The first kappa shape index (κ1) is 16.3. The summed E-state index contributed by atoms with van der Waals surface area (Å²) in [6.45, 7) is 8.79. The molecule has 0 aliphatic carbocycles. The Hall–Kier alpha value is -1.10. The van der Waals surface area contributed by atoms with Crippen molar-refractivity contribution < 1.29 is 9.59 Å². The lowest BCUT2D eigenvalue weighted by atomic mass is 9.87. The number of hydrogen-bond donors (Lipinski definition) is 1. The standard InChI is InChI=1S/C16H29N3O2/c1-5-16(6-2)15(21)19(10-8-14(20)17-16)13-7-9-18(4)11-12(13)3/h12-13H,5-11H2,1-4H3,(H,17,20). The van der Waals surface area contributed by atoms with Crippen LogP contribution in [0.3, 0.4) is 0 Å². The third-order valence-electron chi connectivity index (χ3n) is 5.30. The summed E-state index contributed by atoms with van der Waals surface area (Å²) < 4.78 is 0. The van der Waals surface area contributed by atoms with E-state index in [0.29, 0.717) is 31.7 Å². The molecular formula is C16H29N3O2. The summed E-state index contributed by atoms with van der Waals surface area (Å²) in [5.41, 5.74) is -0.698. The van der Waals surface area contributed by atoms with Crippen molar-refractivity contribution in [1.82, 2.24) is 15.1 Å². The van der Waals surface area contributed by atoms with Gasteiger partial charge < -0.3 is 15.1 Å². The van der Waals surface area contributed by atoms with E-state index >= 15 is 0 Å². The lowest BCUT2D eigenvalue weighted by Gasteiger charge is -2.44. The fourth-order valence-corrected chi connectivity index (χ4v) is 3.83. The first-order valence-electron chi connectivity index (χ1n) is 8.24. The number of rotatable bonds is 3. The SMILES string of the molecule is CCC1(CC)NC(=O)CCN(C2CCN(C)CC2C)C1=O. The molecule has 2 unspecified atom stereocenters. The molecule has 0 aromatic heterocycles. The van der Waals surface area contributed by atoms with Crippen molar-refractivity contribution >= 4 is 11.8 Å². The van der Waals surface area contributed by atoms with E-state index in [9.17, 15) is 9.59 Å². The third kappa shape index (κ3) is 3.07. The van der Waals surface area contributed by atoms with Gasteiger partial charge in [0.1, 0.15) is 5.54 Å². The first-order valence-corrected chi connectivity index (χ1v) is 8.24. The highest BCUT2D eigenvalue weighted by Gasteiger charge is 2.45. The molecule has 0 aromatic carbocycles. The van der Waals surface area contributed by atoms with Crippen molar-refractivity contribution in [2.75, 3.05) is 26.7 Å². The van der Waals surface area contributed by atoms with Crippen LogP contribution in [0.25, 0.3) is 0 Å². The number of nitrogens with zero attached hydrogens (tertiary/aromatic N) is 2. The molecule has 2 aliphatic heterocycles. The number of carbonyl (C=O) groups is 2. The highest BCUT2D eigenvalue weighted by atomic mass is 16.2. The quantitative estimate of drug-likeness (QED) is 0.852. The van der Waals surface area contributed by atoms with Gasteiger partial charge in [0.25, 0.3) is 0 Å². The average Bonchev–Trinajstić information content (AvgIpc) is 2.58. The normalized spacial score (nSPS) is 31.0. The van der Waals surface area contributed by atoms with Crippen LogP contribution in [0.4, 0.5) is 0 Å². The molecule has 2 fully saturated rings. The fraction of sp³-hybridized carbons (Fsp3) is 0.875. The summed E-state index contributed by atoms with van der Waals surface area (Å²) in [6.07, 6.45) is 2.74. The molecule has 2 saturated heterocycles. The van der Waals surface area contributed by atoms with Crippen molar-refractivity contribution in [3.05, 3.63) is 0 Å². The molecule has 120 valence electrons. The number of hydrogen-bond acceptors (Lipinski definition) is 3. The van der Waals surface area contributed by atoms with E-state index in [-0.39, 0.29) is 17.9 Å². The van der Waals surface area contributed by atoms with Gasteiger partial charge in [-0.1, -0.05) is 20.8 Å². The van der Waals surface area contributed by atoms with Crippen LogP contribution in [-0.2, 0) is 9.59 Å². The summed E-state index contributed by atoms with van der Waals surface area (Å²) in [5.74, 6) is 0.585. The highest BCUT2D eigenvalue weighted by Crippen LogP contribution is 2.28. The first-order chi connectivity index (χ1) is 9.93. The highest BCUT2D eigenvalue weighted by molar-refractivity contribution is 5.93. The Balaban J connectivity index is 2.25. The van der Waals surface area contributed by atoms with E-state index < -0.39 is 5.54 Å². The zero-order chi connectivity index (χ0) is 15.6. The Morgan fingerprint density at radius 2 is 1.90 bits per heavy atom. The van der Waals surface area contributed by atoms with Crippen molar-refractivity contribution in [1.29, 1.82) is 0 Å². The molecule has 0 spiro atoms. The van der Waals surface area contributed by atoms with Gasteiger partial charge >= 0.3 is 0 Å². The lowest BCUT2D eigenvalue weighted by molar-refractivity contribution is -0.143. The van der Waals surface area contributed by atoms with Gasteiger partial charge in [0.15, 0.2) is 0 Å². The Kier molecular flexibility index (Phi) is 4.91. The smallest absolute Gasteiger partial charge is 0.248 e. The van der Waals surface area contributed by atoms with Gasteiger partial charge in [0.2, 0.25) is 11.8 Å². The van der Waals surface area contributed by atoms with Gasteiger partial charge in [-0.05, 0) is 38.8 Å². The molecule has 5 nitrogen and oxygen atoms in total. The van der Waals surface area contributed by atoms with Gasteiger partial charge in [0.05, 0.1) is 0 Å². The molecule has 0 aromatic rings. The molecule has 2 amide bonds. The van der Waals surface area contributed by atoms with Crippen LogP contribution in [0.5, 0.6) is 0 Å². The Labute approximate surface area is 128 Å². The summed E-state index contributed by atoms with van der Waals surface area (Å²) >= 11 is 0. The van der Waals surface area contributed by atoms with E-state index in [1.165, 1.54) is 0 Å². The average molecular weight is 295 g/mol. The van der Waals surface area contributed by atoms with Gasteiger partial charge in [-0.2, -0.15) is 0 Å². The zero-order valence-corrected chi connectivity index (χ0v) is 13.8. The van der Waals surface area contributed by atoms with Crippen LogP contribution >= 0.6 is 0 Å². The van der Waals surface area contributed by atoms with E-state index in [2.05, 4.69) is 24.2 Å². The summed E-state index contributed by atoms with van der Waals surface area (Å²) in [5, 5.41) is 2.99. The predicted molar refractivity (Wildman–Crippen MR) is 82.9 cm³/mol. The largest absolute Gasteiger partial charge is 0.342 e. The number of nitrogens with one attached hydrogen (secondary N) is 1. The predicted octanol–water partition coefficient (Wildman–Crippen LogP) is 1.23. The van der Waals surface area contributed by atoms with E-state index in [1.807, 2.05) is 18.7 Å². The number of amides is 2. The summed E-state index contributed by atoms with van der Waals surface area (Å²) in [6, 6.07) is 0.263. The minimum Gasteiger partial charge on any atom is -0.342 e. The maximum absolute atomic E-state index is 13.1. The van der Waals surface area contributed by atoms with Crippen molar-refractivity contribution in [3.63, 3.8) is 0 Å². The number of carbonyl (C=O) groups excluding carboxylic acids is 2. The van der Waals surface area contributed by atoms with Crippen LogP contribution in [0.1, 0.15) is 46.5 Å². The lowest BCUT2D eigenvalue weighted by Crippen LogP contribution is -2.60. The van der Waals surface area contributed by atoms with E-state index in [4.69, 9.17) is 0 Å². The molecular weight excluding hydrogens is 266 g/mol. The van der Waals surface area contributed by atoms with Crippen molar-refractivity contribution in [2.24, 2.45) is 5.92 Å². The summed E-state index contributed by atoms with van der Waals surface area (Å²) in [7, 11) is 2.13. The second kappa shape index (κ2) is 6.34. The number of piperidine rings is 1. The Morgan fingerprint density at radius 1 is 1.24 bits per heavy atom. The van der Waals surface area contributed by atoms with Crippen LogP contribution in [0.15, 0.2) is 0 Å². The molecule has 0 saturated carbocycles. The van der Waals surface area contributed by atoms with Gasteiger partial charge in [0, 0.05) is 25.6 Å². The Morgan fingerprint density at radius 3 is 2.48 bits per heavy atom. The zero-order valence-electron chi connectivity index (χ0n) is 13.8. The molecule has 2 rings (SSSR count). The van der Waals surface area contributed by atoms with Crippen molar-refractivity contribution in [3.8, 4) is 0 Å². The summed E-state index contributed by atoms with van der Waals surface area (Å²) in [4.78, 5) is 29.4.